The summed E-state index contributed by atoms with van der Waals surface area (Å²) in [7, 11) is 0. The van der Waals surface area contributed by atoms with E-state index < -0.39 is 57.3 Å². The number of carbonyl (C=O) groups is 5. The van der Waals surface area contributed by atoms with Crippen LogP contribution in [0.15, 0.2) is 0 Å². The van der Waals surface area contributed by atoms with Crippen molar-refractivity contribution in [1.29, 1.82) is 0 Å². The van der Waals surface area contributed by atoms with E-state index in [-0.39, 0.29) is 0 Å². The number of hydrogen-bond donors (Lipinski definition) is 6. The molecule has 5 atom stereocenters. The van der Waals surface area contributed by atoms with E-state index in [2.05, 4.69) is 14.2 Å². The second kappa shape index (κ2) is 9.72. The molecule has 15 heteroatoms. The molecule has 0 fully saturated rings. The molecule has 14 nitrogen and oxygen atoms in total. The second-order valence-electron chi connectivity index (χ2n) is 5.62. The average molecular weight is 537 g/mol. The monoisotopic (exact) mass is 537 g/mol. The number of alkyl halides is 1. The lowest BCUT2D eigenvalue weighted by molar-refractivity contribution is -0.427. The number of aliphatic hydroxyl groups is 5. The van der Waals surface area contributed by atoms with E-state index in [1.807, 2.05) is 0 Å². The number of halogens is 1. The van der Waals surface area contributed by atoms with Crippen LogP contribution in [0.1, 0.15) is 27.7 Å². The Morgan fingerprint density at radius 3 is 1.62 bits per heavy atom. The summed E-state index contributed by atoms with van der Waals surface area (Å²) >= 11 is 1.07. The maximum Gasteiger partial charge on any atom is 0.374 e. The molecular formula is C14H20INO13. The number of nitrogens with one attached hydrogen (secondary N) is 1. The fraction of sp³-hybridized carbons (Fsp3) is 0.643. The molecule has 1 unspecified atom stereocenters. The molecule has 0 aromatic heterocycles. The van der Waals surface area contributed by atoms with Crippen LogP contribution in [0.2, 0.25) is 0 Å². The number of carbonyl (C=O) groups excluding carboxylic acids is 5. The Balaban J connectivity index is 7.09. The highest BCUT2D eigenvalue weighted by Crippen LogP contribution is 2.40. The van der Waals surface area contributed by atoms with Gasteiger partial charge in [-0.3, -0.25) is 19.2 Å². The topological polar surface area (TPSA) is 226 Å². The third-order valence-electron chi connectivity index (χ3n) is 3.12. The number of hydrogen-bond acceptors (Lipinski definition) is 13. The van der Waals surface area contributed by atoms with E-state index in [4.69, 9.17) is 0 Å². The maximum atomic E-state index is 12.3. The Hall–Kier alpha value is -1.92. The molecular weight excluding hydrogens is 517 g/mol. The largest absolute Gasteiger partial charge is 0.423 e. The Kier molecular flexibility index (Phi) is 9.08. The van der Waals surface area contributed by atoms with Crippen LogP contribution in [0.25, 0.3) is 0 Å². The highest BCUT2D eigenvalue weighted by atomic mass is 127. The maximum absolute atomic E-state index is 12.3. The summed E-state index contributed by atoms with van der Waals surface area (Å²) in [5.74, 6) is -16.2. The molecule has 0 heterocycles. The van der Waals surface area contributed by atoms with Crippen molar-refractivity contribution in [2.75, 3.05) is 0 Å². The second-order valence-corrected chi connectivity index (χ2v) is 6.89. The van der Waals surface area contributed by atoms with E-state index in [1.54, 1.807) is 0 Å². The molecule has 0 aliphatic heterocycles. The van der Waals surface area contributed by atoms with Gasteiger partial charge in [0.25, 0.3) is 0 Å². The Morgan fingerprint density at radius 1 is 0.862 bits per heavy atom. The van der Waals surface area contributed by atoms with Crippen molar-refractivity contribution in [3.8, 4) is 0 Å². The predicted molar refractivity (Wildman–Crippen MR) is 95.0 cm³/mol. The van der Waals surface area contributed by atoms with Gasteiger partial charge in [-0.15, -0.1) is 0 Å². The molecule has 0 radical (unpaired) electrons. The normalized spacial score (nSPS) is 19.2. The van der Waals surface area contributed by atoms with Crippen molar-refractivity contribution in [2.45, 2.75) is 55.2 Å². The fourth-order valence-corrected chi connectivity index (χ4v) is 2.57. The van der Waals surface area contributed by atoms with Crippen LogP contribution in [-0.2, 0) is 38.2 Å². The summed E-state index contributed by atoms with van der Waals surface area (Å²) in [6.45, 7) is 2.60. The van der Waals surface area contributed by atoms with Crippen molar-refractivity contribution in [2.24, 2.45) is 0 Å². The molecule has 166 valence electrons. The van der Waals surface area contributed by atoms with Gasteiger partial charge in [-0.25, -0.2) is 4.79 Å². The molecule has 29 heavy (non-hydrogen) atoms. The van der Waals surface area contributed by atoms with Gasteiger partial charge in [0.15, 0.2) is 6.10 Å². The van der Waals surface area contributed by atoms with Gasteiger partial charge in [-0.05, 0) is 22.6 Å². The molecule has 0 aliphatic carbocycles. The molecule has 0 aliphatic rings. The fourth-order valence-electron chi connectivity index (χ4n) is 2.08. The zero-order valence-corrected chi connectivity index (χ0v) is 17.7. The summed E-state index contributed by atoms with van der Waals surface area (Å²) in [5, 5.41) is 53.5. The molecule has 0 rings (SSSR count). The van der Waals surface area contributed by atoms with E-state index in [0.717, 1.165) is 22.6 Å². The third kappa shape index (κ3) is 5.80. The number of amides is 1. The Morgan fingerprint density at radius 2 is 1.31 bits per heavy atom. The van der Waals surface area contributed by atoms with Crippen LogP contribution < -0.4 is 5.32 Å². The predicted octanol–water partition coefficient (Wildman–Crippen LogP) is -3.48. The van der Waals surface area contributed by atoms with E-state index in [9.17, 15) is 49.5 Å². The van der Waals surface area contributed by atoms with Gasteiger partial charge in [-0.2, -0.15) is 0 Å². The van der Waals surface area contributed by atoms with Crippen LogP contribution in [0.4, 0.5) is 0 Å². The van der Waals surface area contributed by atoms with Crippen molar-refractivity contribution < 1.29 is 63.7 Å². The first kappa shape index (κ1) is 27.1. The summed E-state index contributed by atoms with van der Waals surface area (Å²) in [4.78, 5) is 57.9. The first-order valence-electron chi connectivity index (χ1n) is 7.52. The quantitative estimate of drug-likeness (QED) is 0.0442. The summed E-state index contributed by atoms with van der Waals surface area (Å²) in [6.07, 6.45) is -2.76. The van der Waals surface area contributed by atoms with Crippen LogP contribution >= 0.6 is 22.6 Å². The molecule has 0 spiro atoms. The molecule has 0 saturated carbocycles. The van der Waals surface area contributed by atoms with Gasteiger partial charge in [0.1, 0.15) is 4.11 Å². The highest BCUT2D eigenvalue weighted by molar-refractivity contribution is 14.1. The molecule has 0 saturated heterocycles. The first-order chi connectivity index (χ1) is 12.9. The Labute approximate surface area is 176 Å². The van der Waals surface area contributed by atoms with Crippen molar-refractivity contribution in [3.63, 3.8) is 0 Å². The van der Waals surface area contributed by atoms with Crippen LogP contribution in [0, 0.1) is 0 Å². The van der Waals surface area contributed by atoms with Crippen LogP contribution in [0.5, 0.6) is 0 Å². The van der Waals surface area contributed by atoms with Gasteiger partial charge >= 0.3 is 41.2 Å². The van der Waals surface area contributed by atoms with Gasteiger partial charge in [-0.1, -0.05) is 0 Å². The summed E-state index contributed by atoms with van der Waals surface area (Å²) in [5.41, 5.74) is -4.03. The molecule has 0 aromatic rings. The van der Waals surface area contributed by atoms with Gasteiger partial charge in [0.2, 0.25) is 5.91 Å². The third-order valence-corrected chi connectivity index (χ3v) is 3.80. The lowest BCUT2D eigenvalue weighted by atomic mass is 9.88. The smallest absolute Gasteiger partial charge is 0.374 e. The van der Waals surface area contributed by atoms with E-state index >= 15 is 0 Å². The first-order valence-corrected chi connectivity index (χ1v) is 8.77. The molecule has 1 amide bonds. The van der Waals surface area contributed by atoms with Gasteiger partial charge in [0.05, 0.1) is 0 Å². The number of aliphatic hydroxyl groups excluding tert-OH is 2. The van der Waals surface area contributed by atoms with E-state index in [1.165, 1.54) is 5.32 Å². The molecule has 6 N–H and O–H groups in total. The molecule has 0 aromatic carbocycles. The average Bonchev–Trinajstić information content (AvgIpc) is 2.50. The lowest BCUT2D eigenvalue weighted by Gasteiger charge is -2.48. The zero-order valence-electron chi connectivity index (χ0n) is 15.5. The Bertz CT molecular complexity index is 697. The minimum absolute atomic E-state index is 0.594. The lowest BCUT2D eigenvalue weighted by Crippen LogP contribution is -2.82. The summed E-state index contributed by atoms with van der Waals surface area (Å²) in [6, 6.07) is 0. The number of rotatable bonds is 8. The minimum atomic E-state index is -4.25. The number of esters is 4. The van der Waals surface area contributed by atoms with E-state index in [0.29, 0.717) is 27.7 Å². The van der Waals surface area contributed by atoms with Crippen molar-refractivity contribution in [1.82, 2.24) is 5.32 Å². The van der Waals surface area contributed by atoms with Gasteiger partial charge in [0, 0.05) is 27.7 Å². The van der Waals surface area contributed by atoms with Gasteiger partial charge < -0.3 is 45.1 Å². The minimum Gasteiger partial charge on any atom is -0.423 e. The summed E-state index contributed by atoms with van der Waals surface area (Å²) < 4.78 is 10.8. The van der Waals surface area contributed by atoms with Crippen LogP contribution in [0.3, 0.4) is 0 Å². The SMILES string of the molecule is CC(=O)N[C@](O)(C(=O)OC(C)=O)[C@](O)(OC(C)=O)[C@@](O)(OC(C)=O)[C@H](O)C(O)I. The highest BCUT2D eigenvalue weighted by Gasteiger charge is 2.76. The van der Waals surface area contributed by atoms with Crippen LogP contribution in [-0.4, -0.2) is 82.8 Å². The van der Waals surface area contributed by atoms with Crippen molar-refractivity contribution in [3.05, 3.63) is 0 Å². The van der Waals surface area contributed by atoms with Crippen molar-refractivity contribution >= 4 is 52.4 Å². The zero-order chi connectivity index (χ0) is 23.4. The number of ether oxygens (including phenoxy) is 3. The molecule has 0 bridgehead atoms. The standard InChI is InChI=1S/C14H20INO13/c1-5(17)16-12(24,11(23)27-6(2)18)14(26,29-8(4)20)13(25,28-7(3)19)9(21)10(15)22/h9-10,21-22,24-26H,1-4H3,(H,16,17)/t9-,10?,12+,13+,14+/m1/s1.